The molecule has 0 bridgehead atoms. The molecular formula is C14H26N6O. The summed E-state index contributed by atoms with van der Waals surface area (Å²) in [5, 5.41) is 3.20. The molecule has 0 amide bonds. The molecule has 1 aliphatic rings. The molecule has 2 rings (SSSR count). The number of ether oxygens (including phenoxy) is 1. The maximum absolute atomic E-state index is 5.20. The second-order valence-electron chi connectivity index (χ2n) is 5.58. The molecule has 1 aromatic rings. The summed E-state index contributed by atoms with van der Waals surface area (Å²) < 4.78 is 5.20. The zero-order valence-electron chi connectivity index (χ0n) is 13.5. The summed E-state index contributed by atoms with van der Waals surface area (Å²) in [6, 6.07) is 0.902. The van der Waals surface area contributed by atoms with Gasteiger partial charge in [-0.2, -0.15) is 15.0 Å². The van der Waals surface area contributed by atoms with Crippen molar-refractivity contribution in [2.24, 2.45) is 0 Å². The fourth-order valence-electron chi connectivity index (χ4n) is 2.45. The lowest BCUT2D eigenvalue weighted by Crippen LogP contribution is -2.45. The van der Waals surface area contributed by atoms with Gasteiger partial charge in [-0.25, -0.2) is 0 Å². The zero-order chi connectivity index (χ0) is 15.2. The van der Waals surface area contributed by atoms with Crippen molar-refractivity contribution in [3.63, 3.8) is 0 Å². The topological polar surface area (TPSA) is 66.4 Å². The number of hydrogen-bond donors (Lipinski definition) is 1. The monoisotopic (exact) mass is 294 g/mol. The summed E-state index contributed by atoms with van der Waals surface area (Å²) in [5.74, 6) is 1.29. The van der Waals surface area contributed by atoms with Crippen molar-refractivity contribution in [2.45, 2.75) is 32.2 Å². The van der Waals surface area contributed by atoms with Crippen LogP contribution < -0.4 is 15.0 Å². The van der Waals surface area contributed by atoms with Crippen molar-refractivity contribution in [3.05, 3.63) is 0 Å². The molecule has 1 unspecified atom stereocenters. The van der Waals surface area contributed by atoms with Gasteiger partial charge in [-0.3, -0.25) is 0 Å². The molecule has 21 heavy (non-hydrogen) atoms. The van der Waals surface area contributed by atoms with Crippen LogP contribution in [-0.4, -0.2) is 66.7 Å². The lowest BCUT2D eigenvalue weighted by atomic mass is 10.1. The number of likely N-dealkylation sites (N-methyl/N-ethyl adjacent to an activating group) is 1. The first-order chi connectivity index (χ1) is 10.1. The molecule has 1 N–H and O–H groups in total. The van der Waals surface area contributed by atoms with Gasteiger partial charge in [0.2, 0.25) is 11.9 Å². The van der Waals surface area contributed by atoms with Crippen molar-refractivity contribution >= 4 is 11.9 Å². The highest BCUT2D eigenvalue weighted by Gasteiger charge is 2.24. The molecule has 0 saturated carbocycles. The van der Waals surface area contributed by atoms with E-state index in [4.69, 9.17) is 4.74 Å². The standard InChI is InChI=1S/C14H26N6O/c1-5-8-15-12-16-13(18-14(17-12)21-4)20-9-6-7-11(10-20)19(2)3/h11H,5-10H2,1-4H3,(H,15,16,17,18). The minimum Gasteiger partial charge on any atom is -0.467 e. The number of anilines is 2. The molecule has 7 nitrogen and oxygen atoms in total. The van der Waals surface area contributed by atoms with Gasteiger partial charge in [0.1, 0.15) is 0 Å². The van der Waals surface area contributed by atoms with Gasteiger partial charge < -0.3 is 19.9 Å². The average molecular weight is 294 g/mol. The lowest BCUT2D eigenvalue weighted by molar-refractivity contribution is 0.256. The Morgan fingerprint density at radius 3 is 2.81 bits per heavy atom. The summed E-state index contributed by atoms with van der Waals surface area (Å²) in [6.07, 6.45) is 3.39. The molecule has 0 aromatic carbocycles. The molecule has 1 aliphatic heterocycles. The molecule has 0 aliphatic carbocycles. The van der Waals surface area contributed by atoms with Crippen LogP contribution in [-0.2, 0) is 0 Å². The molecule has 2 heterocycles. The number of methoxy groups -OCH3 is 1. The third-order valence-corrected chi connectivity index (χ3v) is 3.73. The van der Waals surface area contributed by atoms with Crippen LogP contribution in [0.1, 0.15) is 26.2 Å². The number of piperidine rings is 1. The predicted octanol–water partition coefficient (Wildman–Crippen LogP) is 1.23. The van der Waals surface area contributed by atoms with Gasteiger partial charge >= 0.3 is 6.01 Å². The Hall–Kier alpha value is -1.63. The normalized spacial score (nSPS) is 18.9. The van der Waals surface area contributed by atoms with E-state index in [0.717, 1.165) is 32.5 Å². The van der Waals surface area contributed by atoms with E-state index in [0.29, 0.717) is 23.9 Å². The molecule has 118 valence electrons. The number of rotatable bonds is 6. The number of nitrogens with zero attached hydrogens (tertiary/aromatic N) is 5. The summed E-state index contributed by atoms with van der Waals surface area (Å²) in [4.78, 5) is 17.7. The van der Waals surface area contributed by atoms with E-state index in [-0.39, 0.29) is 0 Å². The minimum absolute atomic E-state index is 0.366. The van der Waals surface area contributed by atoms with E-state index in [9.17, 15) is 0 Å². The van der Waals surface area contributed by atoms with E-state index in [1.807, 2.05) is 0 Å². The van der Waals surface area contributed by atoms with Crippen LogP contribution in [0, 0.1) is 0 Å². The van der Waals surface area contributed by atoms with E-state index in [1.54, 1.807) is 7.11 Å². The first-order valence-electron chi connectivity index (χ1n) is 7.59. The van der Waals surface area contributed by atoms with E-state index < -0.39 is 0 Å². The quantitative estimate of drug-likeness (QED) is 0.846. The molecular weight excluding hydrogens is 268 g/mol. The third kappa shape index (κ3) is 4.17. The Labute approximate surface area is 126 Å². The van der Waals surface area contributed by atoms with Crippen LogP contribution in [0.15, 0.2) is 0 Å². The first-order valence-corrected chi connectivity index (χ1v) is 7.59. The van der Waals surface area contributed by atoms with Crippen molar-refractivity contribution < 1.29 is 4.74 Å². The van der Waals surface area contributed by atoms with Crippen LogP contribution in [0.3, 0.4) is 0 Å². The number of hydrogen-bond acceptors (Lipinski definition) is 7. The third-order valence-electron chi connectivity index (χ3n) is 3.73. The molecule has 7 heteroatoms. The highest BCUT2D eigenvalue weighted by Crippen LogP contribution is 2.21. The lowest BCUT2D eigenvalue weighted by Gasteiger charge is -2.36. The fourth-order valence-corrected chi connectivity index (χ4v) is 2.45. The Bertz CT molecular complexity index is 453. The predicted molar refractivity (Wildman–Crippen MR) is 84.1 cm³/mol. The second kappa shape index (κ2) is 7.40. The summed E-state index contributed by atoms with van der Waals surface area (Å²) >= 11 is 0. The average Bonchev–Trinajstić information content (AvgIpc) is 2.52. The summed E-state index contributed by atoms with van der Waals surface area (Å²) in [7, 11) is 5.83. The van der Waals surface area contributed by atoms with Crippen LogP contribution >= 0.6 is 0 Å². The molecule has 1 saturated heterocycles. The highest BCUT2D eigenvalue weighted by atomic mass is 16.5. The molecule has 0 spiro atoms. The van der Waals surface area contributed by atoms with Gasteiger partial charge in [0, 0.05) is 25.7 Å². The largest absolute Gasteiger partial charge is 0.467 e. The van der Waals surface area contributed by atoms with Crippen molar-refractivity contribution in [3.8, 4) is 6.01 Å². The maximum atomic E-state index is 5.20. The Balaban J connectivity index is 2.17. The van der Waals surface area contributed by atoms with E-state index in [2.05, 4.69) is 51.1 Å². The smallest absolute Gasteiger partial charge is 0.322 e. The van der Waals surface area contributed by atoms with E-state index in [1.165, 1.54) is 6.42 Å². The Kier molecular flexibility index (Phi) is 5.55. The number of aromatic nitrogens is 3. The summed E-state index contributed by atoms with van der Waals surface area (Å²) in [6.45, 7) is 4.86. The molecule has 1 fully saturated rings. The Morgan fingerprint density at radius 1 is 1.33 bits per heavy atom. The van der Waals surface area contributed by atoms with E-state index >= 15 is 0 Å². The van der Waals surface area contributed by atoms with Crippen LogP contribution in [0.5, 0.6) is 6.01 Å². The molecule has 0 radical (unpaired) electrons. The van der Waals surface area contributed by atoms with Gasteiger partial charge in [-0.05, 0) is 33.4 Å². The first kappa shape index (κ1) is 15.8. The fraction of sp³-hybridized carbons (Fsp3) is 0.786. The van der Waals surface area contributed by atoms with Crippen LogP contribution in [0.2, 0.25) is 0 Å². The van der Waals surface area contributed by atoms with Crippen molar-refractivity contribution in [1.82, 2.24) is 19.9 Å². The molecule has 1 atom stereocenters. The van der Waals surface area contributed by atoms with Crippen LogP contribution in [0.25, 0.3) is 0 Å². The van der Waals surface area contributed by atoms with Crippen molar-refractivity contribution in [1.29, 1.82) is 0 Å². The molecule has 1 aromatic heterocycles. The zero-order valence-corrected chi connectivity index (χ0v) is 13.5. The Morgan fingerprint density at radius 2 is 2.14 bits per heavy atom. The van der Waals surface area contributed by atoms with Gasteiger partial charge in [0.25, 0.3) is 0 Å². The maximum Gasteiger partial charge on any atom is 0.322 e. The minimum atomic E-state index is 0.366. The van der Waals surface area contributed by atoms with Gasteiger partial charge in [0.15, 0.2) is 0 Å². The van der Waals surface area contributed by atoms with Gasteiger partial charge in [0.05, 0.1) is 7.11 Å². The van der Waals surface area contributed by atoms with Gasteiger partial charge in [-0.15, -0.1) is 0 Å². The second-order valence-corrected chi connectivity index (χ2v) is 5.58. The number of nitrogens with one attached hydrogen (secondary N) is 1. The van der Waals surface area contributed by atoms with Crippen molar-refractivity contribution in [2.75, 3.05) is 51.1 Å². The summed E-state index contributed by atoms with van der Waals surface area (Å²) in [5.41, 5.74) is 0. The van der Waals surface area contributed by atoms with Crippen LogP contribution in [0.4, 0.5) is 11.9 Å². The SMILES string of the molecule is CCCNc1nc(OC)nc(N2CCCC(N(C)C)C2)n1. The van der Waals surface area contributed by atoms with Gasteiger partial charge in [-0.1, -0.05) is 6.92 Å². The highest BCUT2D eigenvalue weighted by molar-refractivity contribution is 5.39.